The maximum atomic E-state index is 13.4. The van der Waals surface area contributed by atoms with Crippen molar-refractivity contribution in [2.45, 2.75) is 44.1 Å². The zero-order valence-electron chi connectivity index (χ0n) is 12.2. The summed E-state index contributed by atoms with van der Waals surface area (Å²) >= 11 is 0. The topological polar surface area (TPSA) is 68.3 Å². The summed E-state index contributed by atoms with van der Waals surface area (Å²) in [5.41, 5.74) is 5.37. The number of anilines is 1. The summed E-state index contributed by atoms with van der Waals surface area (Å²) in [5.74, 6) is -3.45. The number of aromatic nitrogens is 1. The molecule has 1 amide bonds. The van der Waals surface area contributed by atoms with E-state index in [2.05, 4.69) is 0 Å². The SMILES string of the molecule is NC(=O)c1cc(N2CCC(F)(F)C2)c(=O)n(C2CCCC2)c1. The van der Waals surface area contributed by atoms with Crippen molar-refractivity contribution in [1.29, 1.82) is 0 Å². The molecule has 1 aromatic heterocycles. The molecule has 3 rings (SSSR count). The number of carbonyl (C=O) groups excluding carboxylic acids is 1. The monoisotopic (exact) mass is 311 g/mol. The Morgan fingerprint density at radius 1 is 1.32 bits per heavy atom. The fourth-order valence-electron chi connectivity index (χ4n) is 3.34. The number of hydrogen-bond donors (Lipinski definition) is 1. The molecular weight excluding hydrogens is 292 g/mol. The molecule has 0 bridgehead atoms. The van der Waals surface area contributed by atoms with Crippen LogP contribution in [0.25, 0.3) is 0 Å². The van der Waals surface area contributed by atoms with Crippen molar-refractivity contribution in [2.75, 3.05) is 18.0 Å². The van der Waals surface area contributed by atoms with Crippen molar-refractivity contribution in [3.05, 3.63) is 28.2 Å². The molecule has 0 spiro atoms. The minimum absolute atomic E-state index is 0.0219. The van der Waals surface area contributed by atoms with E-state index in [1.54, 1.807) is 0 Å². The standard InChI is InChI=1S/C15H19F2N3O2/c16-15(17)5-6-19(9-15)12-7-10(13(18)21)8-20(14(12)22)11-3-1-2-4-11/h7-8,11H,1-6,9H2,(H2,18,21). The smallest absolute Gasteiger partial charge is 0.274 e. The van der Waals surface area contributed by atoms with Crippen LogP contribution in [0.15, 0.2) is 17.1 Å². The number of alkyl halides is 2. The van der Waals surface area contributed by atoms with Crippen molar-refractivity contribution in [3.63, 3.8) is 0 Å². The van der Waals surface area contributed by atoms with Gasteiger partial charge in [0.25, 0.3) is 11.5 Å². The summed E-state index contributed by atoms with van der Waals surface area (Å²) in [4.78, 5) is 25.5. The summed E-state index contributed by atoms with van der Waals surface area (Å²) in [6.07, 6.45) is 4.95. The lowest BCUT2D eigenvalue weighted by atomic mass is 10.2. The maximum Gasteiger partial charge on any atom is 0.274 e. The van der Waals surface area contributed by atoms with E-state index in [4.69, 9.17) is 5.73 Å². The fraction of sp³-hybridized carbons (Fsp3) is 0.600. The Morgan fingerprint density at radius 2 is 2.00 bits per heavy atom. The Hall–Kier alpha value is -1.92. The Bertz CT molecular complexity index is 651. The fourth-order valence-corrected chi connectivity index (χ4v) is 3.34. The van der Waals surface area contributed by atoms with Gasteiger partial charge in [-0.2, -0.15) is 0 Å². The molecular formula is C15H19F2N3O2. The molecule has 1 saturated heterocycles. The van der Waals surface area contributed by atoms with Gasteiger partial charge >= 0.3 is 0 Å². The van der Waals surface area contributed by atoms with Gasteiger partial charge in [-0.15, -0.1) is 0 Å². The van der Waals surface area contributed by atoms with Crippen LogP contribution in [-0.4, -0.2) is 29.5 Å². The molecule has 0 aromatic carbocycles. The van der Waals surface area contributed by atoms with Gasteiger partial charge in [0.2, 0.25) is 5.91 Å². The van der Waals surface area contributed by atoms with Gasteiger partial charge < -0.3 is 15.2 Å². The first-order valence-electron chi connectivity index (χ1n) is 7.56. The number of primary amides is 1. The third-order valence-electron chi connectivity index (χ3n) is 4.54. The first-order valence-corrected chi connectivity index (χ1v) is 7.56. The van der Waals surface area contributed by atoms with Crippen LogP contribution < -0.4 is 16.2 Å². The number of carbonyl (C=O) groups is 1. The number of pyridine rings is 1. The molecule has 2 N–H and O–H groups in total. The van der Waals surface area contributed by atoms with E-state index in [0.29, 0.717) is 0 Å². The third kappa shape index (κ3) is 2.71. The Morgan fingerprint density at radius 3 is 2.55 bits per heavy atom. The lowest BCUT2D eigenvalue weighted by Gasteiger charge is -2.22. The molecule has 2 aliphatic rings. The average molecular weight is 311 g/mol. The molecule has 1 saturated carbocycles. The first-order chi connectivity index (χ1) is 10.4. The van der Waals surface area contributed by atoms with E-state index in [9.17, 15) is 18.4 Å². The first kappa shape index (κ1) is 15.0. The molecule has 0 unspecified atom stereocenters. The second-order valence-electron chi connectivity index (χ2n) is 6.16. The average Bonchev–Trinajstić information content (AvgIpc) is 3.08. The highest BCUT2D eigenvalue weighted by molar-refractivity contribution is 5.93. The van der Waals surface area contributed by atoms with Gasteiger partial charge in [0.15, 0.2) is 0 Å². The predicted octanol–water partition coefficient (Wildman–Crippen LogP) is 1.91. The molecule has 2 fully saturated rings. The van der Waals surface area contributed by atoms with Gasteiger partial charge in [0.05, 0.1) is 12.1 Å². The second kappa shape index (κ2) is 5.37. The van der Waals surface area contributed by atoms with Gasteiger partial charge in [-0.1, -0.05) is 12.8 Å². The highest BCUT2D eigenvalue weighted by atomic mass is 19.3. The van der Waals surface area contributed by atoms with Gasteiger partial charge in [0.1, 0.15) is 5.69 Å². The van der Waals surface area contributed by atoms with Crippen LogP contribution in [0.1, 0.15) is 48.5 Å². The van der Waals surface area contributed by atoms with E-state index in [-0.39, 0.29) is 35.8 Å². The number of hydrogen-bond acceptors (Lipinski definition) is 3. The van der Waals surface area contributed by atoms with Gasteiger partial charge in [-0.3, -0.25) is 9.59 Å². The lowest BCUT2D eigenvalue weighted by Crippen LogP contribution is -2.34. The zero-order chi connectivity index (χ0) is 15.9. The van der Waals surface area contributed by atoms with Crippen LogP contribution in [0.5, 0.6) is 0 Å². The normalized spacial score (nSPS) is 21.5. The van der Waals surface area contributed by atoms with Gasteiger partial charge in [0, 0.05) is 25.2 Å². The quantitative estimate of drug-likeness (QED) is 0.927. The largest absolute Gasteiger partial charge is 0.366 e. The molecule has 1 aromatic rings. The van der Waals surface area contributed by atoms with Gasteiger partial charge in [-0.25, -0.2) is 8.78 Å². The maximum absolute atomic E-state index is 13.4. The summed E-state index contributed by atoms with van der Waals surface area (Å²) in [6.45, 7) is -0.385. The van der Waals surface area contributed by atoms with Crippen molar-refractivity contribution in [2.24, 2.45) is 5.73 Å². The summed E-state index contributed by atoms with van der Waals surface area (Å²) < 4.78 is 28.4. The molecule has 1 aliphatic heterocycles. The molecule has 120 valence electrons. The van der Waals surface area contributed by atoms with Crippen LogP contribution in [0.3, 0.4) is 0 Å². The van der Waals surface area contributed by atoms with Crippen LogP contribution in [0, 0.1) is 0 Å². The van der Waals surface area contributed by atoms with E-state index in [0.717, 1.165) is 25.7 Å². The highest BCUT2D eigenvalue weighted by Gasteiger charge is 2.39. The van der Waals surface area contributed by atoms with Crippen molar-refractivity contribution in [3.8, 4) is 0 Å². The Labute approximate surface area is 126 Å². The third-order valence-corrected chi connectivity index (χ3v) is 4.54. The van der Waals surface area contributed by atoms with E-state index in [1.165, 1.54) is 21.7 Å². The summed E-state index contributed by atoms with van der Waals surface area (Å²) in [6, 6.07) is 1.37. The van der Waals surface area contributed by atoms with E-state index >= 15 is 0 Å². The summed E-state index contributed by atoms with van der Waals surface area (Å²) in [7, 11) is 0. The highest BCUT2D eigenvalue weighted by Crippen LogP contribution is 2.32. The van der Waals surface area contributed by atoms with E-state index < -0.39 is 18.4 Å². The van der Waals surface area contributed by atoms with Crippen molar-refractivity contribution in [1.82, 2.24) is 4.57 Å². The Kier molecular flexibility index (Phi) is 3.66. The summed E-state index contributed by atoms with van der Waals surface area (Å²) in [5, 5.41) is 0. The number of rotatable bonds is 3. The van der Waals surface area contributed by atoms with Crippen LogP contribution >= 0.6 is 0 Å². The molecule has 0 radical (unpaired) electrons. The molecule has 5 nitrogen and oxygen atoms in total. The number of nitrogens with two attached hydrogens (primary N) is 1. The molecule has 2 heterocycles. The zero-order valence-corrected chi connectivity index (χ0v) is 12.2. The van der Waals surface area contributed by atoms with Crippen LogP contribution in [0.2, 0.25) is 0 Å². The second-order valence-corrected chi connectivity index (χ2v) is 6.16. The lowest BCUT2D eigenvalue weighted by molar-refractivity contribution is 0.0257. The molecule has 7 heteroatoms. The minimum atomic E-state index is -2.80. The number of nitrogens with zero attached hydrogens (tertiary/aromatic N) is 2. The van der Waals surface area contributed by atoms with Crippen LogP contribution in [-0.2, 0) is 0 Å². The predicted molar refractivity (Wildman–Crippen MR) is 78.5 cm³/mol. The minimum Gasteiger partial charge on any atom is -0.366 e. The van der Waals surface area contributed by atoms with E-state index in [1.807, 2.05) is 0 Å². The number of halogens is 2. The molecule has 22 heavy (non-hydrogen) atoms. The van der Waals surface area contributed by atoms with Crippen molar-refractivity contribution >= 4 is 11.6 Å². The molecule has 1 aliphatic carbocycles. The number of amides is 1. The van der Waals surface area contributed by atoms with Crippen molar-refractivity contribution < 1.29 is 13.6 Å². The van der Waals surface area contributed by atoms with Crippen LogP contribution in [0.4, 0.5) is 14.5 Å². The Balaban J connectivity index is 2.05. The van der Waals surface area contributed by atoms with Gasteiger partial charge in [-0.05, 0) is 18.9 Å². The molecule has 0 atom stereocenters.